The van der Waals surface area contributed by atoms with E-state index in [1.807, 2.05) is 23.6 Å². The minimum atomic E-state index is 0.00230. The lowest BCUT2D eigenvalue weighted by Gasteiger charge is -2.36. The SMILES string of the molecule is COc1ccc(C(=O)N2CCC(c3[nH]ncc3C(=O)N3C[C@@H](C)O[C@H](C)C3)CC2)cc1. The summed E-state index contributed by atoms with van der Waals surface area (Å²) < 4.78 is 10.9. The van der Waals surface area contributed by atoms with Gasteiger partial charge in [0.25, 0.3) is 11.8 Å². The van der Waals surface area contributed by atoms with Gasteiger partial charge in [-0.3, -0.25) is 14.7 Å². The molecule has 2 saturated heterocycles. The third-order valence-corrected chi connectivity index (χ3v) is 6.13. The van der Waals surface area contributed by atoms with Crippen molar-refractivity contribution in [3.8, 4) is 5.75 Å². The lowest BCUT2D eigenvalue weighted by Crippen LogP contribution is -2.48. The second-order valence-corrected chi connectivity index (χ2v) is 8.46. The molecule has 0 spiro atoms. The minimum Gasteiger partial charge on any atom is -0.497 e. The predicted molar refractivity (Wildman–Crippen MR) is 115 cm³/mol. The molecule has 2 atom stereocenters. The first kappa shape index (κ1) is 21.4. The molecule has 2 amide bonds. The molecule has 2 fully saturated rings. The second kappa shape index (κ2) is 9.09. The molecule has 2 aromatic rings. The summed E-state index contributed by atoms with van der Waals surface area (Å²) in [6.07, 6.45) is 3.27. The lowest BCUT2D eigenvalue weighted by atomic mass is 9.90. The zero-order valence-electron chi connectivity index (χ0n) is 18.3. The number of hydrogen-bond acceptors (Lipinski definition) is 5. The molecule has 1 aromatic heterocycles. The van der Waals surface area contributed by atoms with Gasteiger partial charge in [0.2, 0.25) is 0 Å². The van der Waals surface area contributed by atoms with Gasteiger partial charge in [-0.15, -0.1) is 0 Å². The van der Waals surface area contributed by atoms with E-state index < -0.39 is 0 Å². The van der Waals surface area contributed by atoms with Crippen LogP contribution in [-0.4, -0.2) is 77.3 Å². The summed E-state index contributed by atoms with van der Waals surface area (Å²) in [6.45, 7) is 6.44. The van der Waals surface area contributed by atoms with Gasteiger partial charge in [0, 0.05) is 37.7 Å². The van der Waals surface area contributed by atoms with Gasteiger partial charge in [-0.1, -0.05) is 0 Å². The maximum atomic E-state index is 13.2. The van der Waals surface area contributed by atoms with E-state index in [9.17, 15) is 9.59 Å². The number of nitrogens with zero attached hydrogens (tertiary/aromatic N) is 3. The summed E-state index contributed by atoms with van der Waals surface area (Å²) in [4.78, 5) is 29.7. The quantitative estimate of drug-likeness (QED) is 0.812. The number of carbonyl (C=O) groups excluding carboxylic acids is 2. The molecule has 0 unspecified atom stereocenters. The smallest absolute Gasteiger partial charge is 0.257 e. The molecule has 166 valence electrons. The Labute approximate surface area is 182 Å². The average molecular weight is 427 g/mol. The fourth-order valence-electron chi connectivity index (χ4n) is 4.58. The third kappa shape index (κ3) is 4.58. The molecule has 8 heteroatoms. The Balaban J connectivity index is 1.40. The zero-order chi connectivity index (χ0) is 22.0. The number of nitrogens with one attached hydrogen (secondary N) is 1. The maximum Gasteiger partial charge on any atom is 0.257 e. The number of hydrogen-bond donors (Lipinski definition) is 1. The van der Waals surface area contributed by atoms with Crippen LogP contribution in [0.3, 0.4) is 0 Å². The number of methoxy groups -OCH3 is 1. The summed E-state index contributed by atoms with van der Waals surface area (Å²) in [6, 6.07) is 7.19. The van der Waals surface area contributed by atoms with Gasteiger partial charge in [0.05, 0.1) is 36.8 Å². The highest BCUT2D eigenvalue weighted by molar-refractivity contribution is 5.96. The third-order valence-electron chi connectivity index (χ3n) is 6.13. The van der Waals surface area contributed by atoms with Gasteiger partial charge in [-0.25, -0.2) is 0 Å². The molecular weight excluding hydrogens is 396 g/mol. The minimum absolute atomic E-state index is 0.00230. The molecule has 3 heterocycles. The number of aromatic amines is 1. The summed E-state index contributed by atoms with van der Waals surface area (Å²) in [7, 11) is 1.61. The molecule has 0 radical (unpaired) electrons. The first-order chi connectivity index (χ1) is 15.0. The van der Waals surface area contributed by atoms with Crippen molar-refractivity contribution in [3.63, 3.8) is 0 Å². The fourth-order valence-corrected chi connectivity index (χ4v) is 4.58. The van der Waals surface area contributed by atoms with Gasteiger partial charge < -0.3 is 19.3 Å². The molecule has 2 aliphatic rings. The van der Waals surface area contributed by atoms with Crippen LogP contribution in [0.25, 0.3) is 0 Å². The highest BCUT2D eigenvalue weighted by Crippen LogP contribution is 2.30. The lowest BCUT2D eigenvalue weighted by molar-refractivity contribution is -0.0586. The van der Waals surface area contributed by atoms with E-state index in [-0.39, 0.29) is 29.9 Å². The first-order valence-corrected chi connectivity index (χ1v) is 10.9. The number of piperidine rings is 1. The molecule has 0 bridgehead atoms. The molecule has 1 N–H and O–H groups in total. The number of ether oxygens (including phenoxy) is 2. The van der Waals surface area contributed by atoms with Crippen molar-refractivity contribution in [1.29, 1.82) is 0 Å². The number of H-pyrrole nitrogens is 1. The molecule has 0 saturated carbocycles. The summed E-state index contributed by atoms with van der Waals surface area (Å²) in [5.74, 6) is 0.939. The Morgan fingerprint density at radius 3 is 2.29 bits per heavy atom. The summed E-state index contributed by atoms with van der Waals surface area (Å²) in [5, 5.41) is 7.23. The largest absolute Gasteiger partial charge is 0.497 e. The van der Waals surface area contributed by atoms with Gasteiger partial charge in [0.15, 0.2) is 0 Å². The topological polar surface area (TPSA) is 87.8 Å². The first-order valence-electron chi connectivity index (χ1n) is 10.9. The monoisotopic (exact) mass is 426 g/mol. The maximum absolute atomic E-state index is 13.2. The van der Waals surface area contributed by atoms with Crippen molar-refractivity contribution in [2.45, 2.75) is 44.8 Å². The van der Waals surface area contributed by atoms with Crippen molar-refractivity contribution in [2.24, 2.45) is 0 Å². The molecule has 4 rings (SSSR count). The number of carbonyl (C=O) groups is 2. The highest BCUT2D eigenvalue weighted by Gasteiger charge is 2.32. The van der Waals surface area contributed by atoms with E-state index in [1.165, 1.54) is 0 Å². The van der Waals surface area contributed by atoms with Crippen molar-refractivity contribution < 1.29 is 19.1 Å². The molecule has 1 aromatic carbocycles. The van der Waals surface area contributed by atoms with Crippen LogP contribution in [0.4, 0.5) is 0 Å². The van der Waals surface area contributed by atoms with E-state index in [0.29, 0.717) is 37.3 Å². The zero-order valence-corrected chi connectivity index (χ0v) is 18.3. The average Bonchev–Trinajstić information content (AvgIpc) is 3.27. The van der Waals surface area contributed by atoms with Crippen LogP contribution in [0.2, 0.25) is 0 Å². The van der Waals surface area contributed by atoms with E-state index in [0.717, 1.165) is 24.3 Å². The van der Waals surface area contributed by atoms with Crippen LogP contribution in [0.1, 0.15) is 59.0 Å². The van der Waals surface area contributed by atoms with Crippen molar-refractivity contribution in [3.05, 3.63) is 47.3 Å². The predicted octanol–water partition coefficient (Wildman–Crippen LogP) is 2.69. The summed E-state index contributed by atoms with van der Waals surface area (Å²) >= 11 is 0. The van der Waals surface area contributed by atoms with Crippen molar-refractivity contribution in [2.75, 3.05) is 33.3 Å². The number of morpholine rings is 1. The molecule has 31 heavy (non-hydrogen) atoms. The van der Waals surface area contributed by atoms with E-state index in [4.69, 9.17) is 9.47 Å². The van der Waals surface area contributed by atoms with Crippen LogP contribution < -0.4 is 4.74 Å². The van der Waals surface area contributed by atoms with Gasteiger partial charge >= 0.3 is 0 Å². The Bertz CT molecular complexity index is 908. The Morgan fingerprint density at radius 1 is 1.03 bits per heavy atom. The van der Waals surface area contributed by atoms with Crippen molar-refractivity contribution in [1.82, 2.24) is 20.0 Å². The fraction of sp³-hybridized carbons (Fsp3) is 0.522. The van der Waals surface area contributed by atoms with Gasteiger partial charge in [0.1, 0.15) is 5.75 Å². The Kier molecular flexibility index (Phi) is 6.27. The van der Waals surface area contributed by atoms with E-state index in [2.05, 4.69) is 10.2 Å². The van der Waals surface area contributed by atoms with Crippen LogP contribution >= 0.6 is 0 Å². The number of likely N-dealkylation sites (tertiary alicyclic amines) is 1. The molecular formula is C23H30N4O4. The van der Waals surface area contributed by atoms with Gasteiger partial charge in [-0.2, -0.15) is 5.10 Å². The van der Waals surface area contributed by atoms with Crippen LogP contribution in [-0.2, 0) is 4.74 Å². The second-order valence-electron chi connectivity index (χ2n) is 8.46. The Morgan fingerprint density at radius 2 is 1.68 bits per heavy atom. The van der Waals surface area contributed by atoms with Crippen LogP contribution in [0.5, 0.6) is 5.75 Å². The summed E-state index contributed by atoms with van der Waals surface area (Å²) in [5.41, 5.74) is 2.18. The number of aromatic nitrogens is 2. The number of amides is 2. The molecule has 2 aliphatic heterocycles. The normalized spacial score (nSPS) is 22.4. The standard InChI is InChI=1S/C23H30N4O4/c1-15-13-27(14-16(2)31-15)23(29)20-12-24-25-21(20)17-8-10-26(11-9-17)22(28)18-4-6-19(30-3)7-5-18/h4-7,12,15-17H,8-11,13-14H2,1-3H3,(H,24,25)/t15-,16-/m1/s1. The highest BCUT2D eigenvalue weighted by atomic mass is 16.5. The van der Waals surface area contributed by atoms with E-state index >= 15 is 0 Å². The Hall–Kier alpha value is -2.87. The van der Waals surface area contributed by atoms with Gasteiger partial charge in [-0.05, 0) is 51.0 Å². The number of rotatable bonds is 4. The van der Waals surface area contributed by atoms with Crippen molar-refractivity contribution >= 4 is 11.8 Å². The number of benzene rings is 1. The molecule has 0 aliphatic carbocycles. The van der Waals surface area contributed by atoms with Crippen LogP contribution in [0.15, 0.2) is 30.5 Å². The van der Waals surface area contributed by atoms with E-state index in [1.54, 1.807) is 37.6 Å². The molecule has 8 nitrogen and oxygen atoms in total. The van der Waals surface area contributed by atoms with Crippen LogP contribution in [0, 0.1) is 0 Å².